The first-order valence-electron chi connectivity index (χ1n) is 19.4. The van der Waals surface area contributed by atoms with Crippen molar-refractivity contribution in [3.8, 4) is 39.1 Å². The summed E-state index contributed by atoms with van der Waals surface area (Å²) >= 11 is 0. The highest BCUT2D eigenvalue weighted by molar-refractivity contribution is 6.13. The Kier molecular flexibility index (Phi) is 7.82. The minimum atomic E-state index is 0.853. The third-order valence-electron chi connectivity index (χ3n) is 11.2. The van der Waals surface area contributed by atoms with Gasteiger partial charge in [-0.3, -0.25) is 0 Å². The van der Waals surface area contributed by atoms with Crippen molar-refractivity contribution in [1.82, 2.24) is 4.57 Å². The molecule has 268 valence electrons. The number of benzene rings is 9. The molecule has 0 unspecified atom stereocenters. The van der Waals surface area contributed by atoms with Crippen molar-refractivity contribution in [3.05, 3.63) is 218 Å². The SMILES string of the molecule is c1ccc(-c2ccc(-c3ccccc3-n3c4ccccc4c4ccc(N(c5ccccc5-c5ccccc5)c5cccc6c5oc5ccccc56)cc43)cc2)cc1. The molecule has 0 aliphatic heterocycles. The van der Waals surface area contributed by atoms with Gasteiger partial charge in [0.05, 0.1) is 28.1 Å². The van der Waals surface area contributed by atoms with Crippen LogP contribution in [0, 0.1) is 0 Å². The highest BCUT2D eigenvalue weighted by Crippen LogP contribution is 2.47. The van der Waals surface area contributed by atoms with Crippen LogP contribution in [0.25, 0.3) is 82.8 Å². The summed E-state index contributed by atoms with van der Waals surface area (Å²) in [7, 11) is 0. The molecule has 3 nitrogen and oxygen atoms in total. The lowest BCUT2D eigenvalue weighted by atomic mass is 9.99. The molecule has 2 heterocycles. The van der Waals surface area contributed by atoms with Gasteiger partial charge in [-0.05, 0) is 64.7 Å². The van der Waals surface area contributed by atoms with Crippen LogP contribution in [-0.2, 0) is 0 Å². The third-order valence-corrected chi connectivity index (χ3v) is 11.2. The van der Waals surface area contributed by atoms with Crippen molar-refractivity contribution < 1.29 is 4.42 Å². The predicted octanol–water partition coefficient (Wildman–Crippen LogP) is 15.2. The zero-order valence-electron chi connectivity index (χ0n) is 31.1. The Bertz CT molecular complexity index is 3230. The van der Waals surface area contributed by atoms with Crippen molar-refractivity contribution in [2.24, 2.45) is 0 Å². The van der Waals surface area contributed by atoms with E-state index in [1.54, 1.807) is 0 Å². The number of rotatable bonds is 7. The Morgan fingerprint density at radius 3 is 1.74 bits per heavy atom. The molecule has 0 saturated carbocycles. The third kappa shape index (κ3) is 5.51. The van der Waals surface area contributed by atoms with Crippen LogP contribution in [0.1, 0.15) is 0 Å². The van der Waals surface area contributed by atoms with Crippen LogP contribution < -0.4 is 4.90 Å². The van der Waals surface area contributed by atoms with Crippen LogP contribution in [-0.4, -0.2) is 4.57 Å². The van der Waals surface area contributed by atoms with E-state index in [9.17, 15) is 0 Å². The van der Waals surface area contributed by atoms with Gasteiger partial charge in [-0.1, -0.05) is 176 Å². The van der Waals surface area contributed by atoms with Crippen molar-refractivity contribution in [2.45, 2.75) is 0 Å². The van der Waals surface area contributed by atoms with Crippen LogP contribution >= 0.6 is 0 Å². The first-order valence-corrected chi connectivity index (χ1v) is 19.4. The van der Waals surface area contributed by atoms with E-state index in [0.29, 0.717) is 0 Å². The number of fused-ring (bicyclic) bond motifs is 6. The van der Waals surface area contributed by atoms with Crippen LogP contribution in [0.15, 0.2) is 223 Å². The maximum absolute atomic E-state index is 6.74. The molecule has 2 aromatic heterocycles. The number of furan rings is 1. The van der Waals surface area contributed by atoms with Gasteiger partial charge in [0.1, 0.15) is 5.58 Å². The van der Waals surface area contributed by atoms with E-state index in [4.69, 9.17) is 4.42 Å². The van der Waals surface area contributed by atoms with E-state index in [2.05, 4.69) is 222 Å². The fourth-order valence-electron chi connectivity index (χ4n) is 8.59. The summed E-state index contributed by atoms with van der Waals surface area (Å²) in [5, 5.41) is 4.60. The van der Waals surface area contributed by atoms with Gasteiger partial charge in [-0.2, -0.15) is 0 Å². The summed E-state index contributed by atoms with van der Waals surface area (Å²) in [6.07, 6.45) is 0. The molecule has 3 heteroatoms. The maximum atomic E-state index is 6.74. The van der Waals surface area contributed by atoms with Gasteiger partial charge in [-0.25, -0.2) is 0 Å². The van der Waals surface area contributed by atoms with Crippen LogP contribution in [0.5, 0.6) is 0 Å². The fraction of sp³-hybridized carbons (Fsp3) is 0. The highest BCUT2D eigenvalue weighted by Gasteiger charge is 2.24. The summed E-state index contributed by atoms with van der Waals surface area (Å²) in [4.78, 5) is 2.38. The lowest BCUT2D eigenvalue weighted by molar-refractivity contribution is 0.669. The average Bonchev–Trinajstić information content (AvgIpc) is 3.83. The second kappa shape index (κ2) is 13.6. The second-order valence-electron chi connectivity index (χ2n) is 14.5. The summed E-state index contributed by atoms with van der Waals surface area (Å²) in [6.45, 7) is 0. The van der Waals surface area contributed by atoms with E-state index in [1.807, 2.05) is 6.07 Å². The van der Waals surface area contributed by atoms with Gasteiger partial charge >= 0.3 is 0 Å². The summed E-state index contributed by atoms with van der Waals surface area (Å²) < 4.78 is 9.18. The molecule has 11 rings (SSSR count). The molecule has 0 aliphatic rings. The zero-order valence-corrected chi connectivity index (χ0v) is 31.1. The van der Waals surface area contributed by atoms with Crippen molar-refractivity contribution in [3.63, 3.8) is 0 Å². The standard InChI is InChI=1S/C54H36N2O/c1-3-16-37(17-4-1)38-30-32-40(33-31-38)43-21-8-12-26-49(43)56-50-27-13-9-22-44(50)45-35-34-41(36-52(45)56)55(48-25-11-7-20-42(48)39-18-5-2-6-19-39)51-28-15-24-47-46-23-10-14-29-53(46)57-54(47)51/h1-36H. The summed E-state index contributed by atoms with van der Waals surface area (Å²) in [6, 6.07) is 78.1. The monoisotopic (exact) mass is 728 g/mol. The molecule has 57 heavy (non-hydrogen) atoms. The van der Waals surface area contributed by atoms with Gasteiger partial charge in [0.2, 0.25) is 0 Å². The zero-order chi connectivity index (χ0) is 37.7. The number of para-hydroxylation sites is 5. The van der Waals surface area contributed by atoms with Crippen LogP contribution in [0.3, 0.4) is 0 Å². The van der Waals surface area contributed by atoms with E-state index < -0.39 is 0 Å². The van der Waals surface area contributed by atoms with Gasteiger partial charge in [0, 0.05) is 38.4 Å². The van der Waals surface area contributed by atoms with Crippen molar-refractivity contribution in [2.75, 3.05) is 4.90 Å². The van der Waals surface area contributed by atoms with E-state index in [-0.39, 0.29) is 0 Å². The minimum Gasteiger partial charge on any atom is -0.454 e. The Hall–Kier alpha value is -7.62. The van der Waals surface area contributed by atoms with Gasteiger partial charge < -0.3 is 13.9 Å². The highest BCUT2D eigenvalue weighted by atomic mass is 16.3. The van der Waals surface area contributed by atoms with E-state index in [1.165, 1.54) is 33.0 Å². The lowest BCUT2D eigenvalue weighted by Crippen LogP contribution is -2.11. The number of hydrogen-bond donors (Lipinski definition) is 0. The van der Waals surface area contributed by atoms with Gasteiger partial charge in [0.15, 0.2) is 5.58 Å². The molecule has 0 N–H and O–H groups in total. The van der Waals surface area contributed by atoms with Crippen molar-refractivity contribution >= 4 is 60.8 Å². The predicted molar refractivity (Wildman–Crippen MR) is 239 cm³/mol. The molecule has 11 aromatic rings. The maximum Gasteiger partial charge on any atom is 0.159 e. The minimum absolute atomic E-state index is 0.853. The second-order valence-corrected chi connectivity index (χ2v) is 14.5. The molecule has 9 aromatic carbocycles. The summed E-state index contributed by atoms with van der Waals surface area (Å²) in [5.41, 5.74) is 15.3. The van der Waals surface area contributed by atoms with Gasteiger partial charge in [-0.15, -0.1) is 0 Å². The molecular weight excluding hydrogens is 693 g/mol. The molecule has 0 atom stereocenters. The Morgan fingerprint density at radius 1 is 0.351 bits per heavy atom. The molecule has 0 spiro atoms. The smallest absolute Gasteiger partial charge is 0.159 e. The Labute approximate surface area is 330 Å². The number of nitrogens with zero attached hydrogens (tertiary/aromatic N) is 2. The average molecular weight is 729 g/mol. The molecule has 0 saturated heterocycles. The van der Waals surface area contributed by atoms with Gasteiger partial charge in [0.25, 0.3) is 0 Å². The lowest BCUT2D eigenvalue weighted by Gasteiger charge is -2.28. The quantitative estimate of drug-likeness (QED) is 0.163. The number of aromatic nitrogens is 1. The fourth-order valence-corrected chi connectivity index (χ4v) is 8.59. The Balaban J connectivity index is 1.16. The summed E-state index contributed by atoms with van der Waals surface area (Å²) in [5.74, 6) is 0. The molecule has 0 radical (unpaired) electrons. The molecule has 0 amide bonds. The topological polar surface area (TPSA) is 21.3 Å². The van der Waals surface area contributed by atoms with Crippen LogP contribution in [0.4, 0.5) is 17.1 Å². The number of hydrogen-bond acceptors (Lipinski definition) is 2. The van der Waals surface area contributed by atoms with Crippen LogP contribution in [0.2, 0.25) is 0 Å². The molecular formula is C54H36N2O. The first-order chi connectivity index (χ1) is 28.3. The largest absolute Gasteiger partial charge is 0.454 e. The molecule has 0 fully saturated rings. The van der Waals surface area contributed by atoms with Crippen molar-refractivity contribution in [1.29, 1.82) is 0 Å². The molecule has 0 bridgehead atoms. The van der Waals surface area contributed by atoms with E-state index >= 15 is 0 Å². The first kappa shape index (κ1) is 32.8. The number of anilines is 3. The Morgan fingerprint density at radius 2 is 0.912 bits per heavy atom. The van der Waals surface area contributed by atoms with E-state index in [0.717, 1.165) is 66.8 Å². The molecule has 0 aliphatic carbocycles. The normalized spacial score (nSPS) is 11.5.